The molecule has 0 atom stereocenters. The lowest BCUT2D eigenvalue weighted by Gasteiger charge is -2.15. The summed E-state index contributed by atoms with van der Waals surface area (Å²) >= 11 is 0. The molecular formula is C26H18N2O4. The van der Waals surface area contributed by atoms with Crippen molar-refractivity contribution >= 4 is 5.57 Å². The van der Waals surface area contributed by atoms with Crippen molar-refractivity contribution in [2.24, 2.45) is 0 Å². The van der Waals surface area contributed by atoms with Gasteiger partial charge in [0.15, 0.2) is 0 Å². The predicted molar refractivity (Wildman–Crippen MR) is 124 cm³/mol. The van der Waals surface area contributed by atoms with Crippen LogP contribution in [0.2, 0.25) is 0 Å². The van der Waals surface area contributed by atoms with Crippen LogP contribution in [-0.2, 0) is 0 Å². The molecule has 0 N–H and O–H groups in total. The highest BCUT2D eigenvalue weighted by Crippen LogP contribution is 2.39. The van der Waals surface area contributed by atoms with Gasteiger partial charge in [0.25, 0.3) is 0 Å². The molecule has 4 aromatic carbocycles. The second-order valence-corrected chi connectivity index (χ2v) is 7.04. The van der Waals surface area contributed by atoms with E-state index in [4.69, 9.17) is 0 Å². The van der Waals surface area contributed by atoms with E-state index in [2.05, 4.69) is 0 Å². The van der Waals surface area contributed by atoms with E-state index in [9.17, 15) is 20.2 Å². The van der Waals surface area contributed by atoms with Gasteiger partial charge in [-0.3, -0.25) is 20.2 Å². The molecule has 6 nitrogen and oxygen atoms in total. The molecule has 0 radical (unpaired) electrons. The summed E-state index contributed by atoms with van der Waals surface area (Å²) in [4.78, 5) is 22.0. The molecule has 0 heterocycles. The van der Waals surface area contributed by atoms with Crippen LogP contribution in [0.15, 0.2) is 115 Å². The summed E-state index contributed by atoms with van der Waals surface area (Å²) in [5, 5.41) is 23.9. The lowest BCUT2D eigenvalue weighted by atomic mass is 9.86. The molecule has 0 unspecified atom stereocenters. The molecule has 0 bridgehead atoms. The van der Waals surface area contributed by atoms with Crippen molar-refractivity contribution in [1.29, 1.82) is 0 Å². The number of rotatable bonds is 6. The van der Waals surface area contributed by atoms with E-state index in [1.807, 2.05) is 84.9 Å². The third-order valence-corrected chi connectivity index (χ3v) is 5.13. The quantitative estimate of drug-likeness (QED) is 0.270. The van der Waals surface area contributed by atoms with Crippen LogP contribution in [-0.4, -0.2) is 9.85 Å². The van der Waals surface area contributed by atoms with Gasteiger partial charge in [-0.05, 0) is 22.3 Å². The first-order chi connectivity index (χ1) is 15.6. The van der Waals surface area contributed by atoms with Crippen molar-refractivity contribution in [3.05, 3.63) is 146 Å². The minimum absolute atomic E-state index is 0.0288. The molecule has 0 spiro atoms. The first-order valence-electron chi connectivity index (χ1n) is 9.90. The minimum Gasteiger partial charge on any atom is -0.253 e. The SMILES string of the molecule is O=[N+]([O-])C(=C(c1ccccc1-c1ccccc1)c1ccccc1-c1ccccc1)[N+](=O)[O-]. The lowest BCUT2D eigenvalue weighted by Crippen LogP contribution is -2.14. The van der Waals surface area contributed by atoms with Gasteiger partial charge < -0.3 is 0 Å². The van der Waals surface area contributed by atoms with Crippen molar-refractivity contribution < 1.29 is 9.85 Å². The molecule has 4 aromatic rings. The molecule has 0 aliphatic heterocycles. The van der Waals surface area contributed by atoms with E-state index >= 15 is 0 Å². The van der Waals surface area contributed by atoms with E-state index in [0.29, 0.717) is 22.3 Å². The average molecular weight is 422 g/mol. The summed E-state index contributed by atoms with van der Waals surface area (Å²) in [5.74, 6) is -1.06. The largest absolute Gasteiger partial charge is 0.567 e. The summed E-state index contributed by atoms with van der Waals surface area (Å²) in [6.07, 6.45) is 0. The Hall–Kier alpha value is -4.58. The van der Waals surface area contributed by atoms with E-state index in [0.717, 1.165) is 11.1 Å². The molecule has 0 saturated heterocycles. The van der Waals surface area contributed by atoms with Crippen LogP contribution in [0, 0.1) is 20.2 Å². The number of hydrogen-bond donors (Lipinski definition) is 0. The normalized spacial score (nSPS) is 10.4. The molecule has 156 valence electrons. The predicted octanol–water partition coefficient (Wildman–Crippen LogP) is 6.29. The van der Waals surface area contributed by atoms with Gasteiger partial charge in [-0.15, -0.1) is 0 Å². The maximum Gasteiger partial charge on any atom is 0.567 e. The third-order valence-electron chi connectivity index (χ3n) is 5.13. The topological polar surface area (TPSA) is 86.3 Å². The van der Waals surface area contributed by atoms with Crippen molar-refractivity contribution in [3.63, 3.8) is 0 Å². The smallest absolute Gasteiger partial charge is 0.253 e. The van der Waals surface area contributed by atoms with Crippen LogP contribution < -0.4 is 0 Å². The monoisotopic (exact) mass is 422 g/mol. The summed E-state index contributed by atoms with van der Waals surface area (Å²) in [6.45, 7) is 0. The van der Waals surface area contributed by atoms with Gasteiger partial charge in [-0.1, -0.05) is 109 Å². The molecule has 32 heavy (non-hydrogen) atoms. The summed E-state index contributed by atoms with van der Waals surface area (Å²) < 4.78 is 0. The van der Waals surface area contributed by atoms with Gasteiger partial charge in [-0.25, -0.2) is 0 Å². The molecule has 0 fully saturated rings. The molecule has 0 aliphatic rings. The molecular weight excluding hydrogens is 404 g/mol. The maximum atomic E-state index is 11.9. The van der Waals surface area contributed by atoms with Crippen LogP contribution in [0.1, 0.15) is 11.1 Å². The molecule has 0 aliphatic carbocycles. The van der Waals surface area contributed by atoms with Crippen LogP contribution >= 0.6 is 0 Å². The first-order valence-corrected chi connectivity index (χ1v) is 9.90. The highest BCUT2D eigenvalue weighted by atomic mass is 16.7. The van der Waals surface area contributed by atoms with Gasteiger partial charge in [0.05, 0.1) is 0 Å². The Balaban J connectivity index is 2.10. The fraction of sp³-hybridized carbons (Fsp3) is 0. The summed E-state index contributed by atoms with van der Waals surface area (Å²) in [5.41, 5.74) is 3.78. The van der Waals surface area contributed by atoms with E-state index < -0.39 is 15.7 Å². The Morgan fingerprint density at radius 2 is 0.844 bits per heavy atom. The van der Waals surface area contributed by atoms with Gasteiger partial charge in [0, 0.05) is 11.1 Å². The fourth-order valence-electron chi connectivity index (χ4n) is 3.78. The van der Waals surface area contributed by atoms with Crippen LogP contribution in [0.5, 0.6) is 0 Å². The van der Waals surface area contributed by atoms with Crippen LogP contribution in [0.3, 0.4) is 0 Å². The van der Waals surface area contributed by atoms with Crippen molar-refractivity contribution in [3.8, 4) is 22.3 Å². The number of benzene rings is 4. The maximum absolute atomic E-state index is 11.9. The van der Waals surface area contributed by atoms with E-state index in [1.54, 1.807) is 24.3 Å². The van der Waals surface area contributed by atoms with Crippen molar-refractivity contribution in [1.82, 2.24) is 0 Å². The van der Waals surface area contributed by atoms with Crippen LogP contribution in [0.4, 0.5) is 0 Å². The molecule has 0 amide bonds. The van der Waals surface area contributed by atoms with Gasteiger partial charge in [0.1, 0.15) is 15.4 Å². The molecule has 6 heteroatoms. The Morgan fingerprint density at radius 3 is 1.22 bits per heavy atom. The second kappa shape index (κ2) is 9.06. The van der Waals surface area contributed by atoms with Crippen molar-refractivity contribution in [2.45, 2.75) is 0 Å². The summed E-state index contributed by atoms with van der Waals surface area (Å²) in [6, 6.07) is 32.7. The zero-order valence-corrected chi connectivity index (χ0v) is 16.9. The van der Waals surface area contributed by atoms with E-state index in [-0.39, 0.29) is 5.57 Å². The fourth-order valence-corrected chi connectivity index (χ4v) is 3.78. The highest BCUT2D eigenvalue weighted by molar-refractivity contribution is 5.94. The Kier molecular flexibility index (Phi) is 5.85. The van der Waals surface area contributed by atoms with E-state index in [1.165, 1.54) is 0 Å². The highest BCUT2D eigenvalue weighted by Gasteiger charge is 2.36. The van der Waals surface area contributed by atoms with Crippen molar-refractivity contribution in [2.75, 3.05) is 0 Å². The lowest BCUT2D eigenvalue weighted by molar-refractivity contribution is -0.614. The average Bonchev–Trinajstić information content (AvgIpc) is 2.83. The zero-order valence-electron chi connectivity index (χ0n) is 16.9. The third kappa shape index (κ3) is 4.02. The molecule has 0 saturated carbocycles. The molecule has 0 aromatic heterocycles. The second-order valence-electron chi connectivity index (χ2n) is 7.04. The number of hydrogen-bond acceptors (Lipinski definition) is 4. The van der Waals surface area contributed by atoms with Gasteiger partial charge in [-0.2, -0.15) is 0 Å². The Labute approximate surface area is 184 Å². The summed E-state index contributed by atoms with van der Waals surface area (Å²) in [7, 11) is 0. The zero-order chi connectivity index (χ0) is 22.5. The van der Waals surface area contributed by atoms with Gasteiger partial charge >= 0.3 is 5.82 Å². The molecule has 4 rings (SSSR count). The number of nitrogens with zero attached hydrogens (tertiary/aromatic N) is 2. The standard InChI is InChI=1S/C26H18N2O4/c29-27(30)26(28(31)32)25(23-17-9-7-15-21(23)19-11-3-1-4-12-19)24-18-10-8-16-22(24)20-13-5-2-6-14-20/h1-18H. The van der Waals surface area contributed by atoms with Gasteiger partial charge in [0.2, 0.25) is 0 Å². The minimum atomic E-state index is -1.06. The number of nitro groups is 2. The Bertz CT molecular complexity index is 1220. The van der Waals surface area contributed by atoms with Crippen LogP contribution in [0.25, 0.3) is 27.8 Å². The first kappa shape index (κ1) is 20.7. The Morgan fingerprint density at radius 1 is 0.500 bits per heavy atom.